The Labute approximate surface area is 181 Å². The minimum Gasteiger partial charge on any atom is -0.461 e. The van der Waals surface area contributed by atoms with Gasteiger partial charge in [0.2, 0.25) is 0 Å². The molecule has 0 aliphatic carbocycles. The van der Waals surface area contributed by atoms with Crippen LogP contribution in [0.15, 0.2) is 47.1 Å². The van der Waals surface area contributed by atoms with E-state index >= 15 is 0 Å². The van der Waals surface area contributed by atoms with Gasteiger partial charge >= 0.3 is 0 Å². The van der Waals surface area contributed by atoms with Crippen molar-refractivity contribution in [2.75, 3.05) is 26.2 Å². The number of piperazine rings is 1. The van der Waals surface area contributed by atoms with Gasteiger partial charge in [0.05, 0.1) is 12.9 Å². The highest BCUT2D eigenvalue weighted by Crippen LogP contribution is 2.19. The molecule has 158 valence electrons. The highest BCUT2D eigenvalue weighted by atomic mass is 32.1. The maximum Gasteiger partial charge on any atom is 0.253 e. The summed E-state index contributed by atoms with van der Waals surface area (Å²) in [6.07, 6.45) is 1.63. The third kappa shape index (κ3) is 4.11. The second-order valence-corrected chi connectivity index (χ2v) is 8.34. The van der Waals surface area contributed by atoms with Gasteiger partial charge < -0.3 is 13.9 Å². The number of hydrogen-bond donors (Lipinski definition) is 0. The van der Waals surface area contributed by atoms with Crippen LogP contribution in [-0.4, -0.2) is 56.2 Å². The minimum absolute atomic E-state index is 0.0968. The fraction of sp³-hybridized carbons (Fsp3) is 0.409. The molecule has 30 heavy (non-hydrogen) atoms. The lowest BCUT2D eigenvalue weighted by Gasteiger charge is -2.34. The molecule has 7 nitrogen and oxygen atoms in total. The van der Waals surface area contributed by atoms with Crippen LogP contribution in [0.3, 0.4) is 0 Å². The van der Waals surface area contributed by atoms with Crippen molar-refractivity contribution in [3.8, 4) is 11.6 Å². The van der Waals surface area contributed by atoms with E-state index in [2.05, 4.69) is 23.8 Å². The molecule has 4 rings (SSSR count). The number of aromatic nitrogens is 3. The standard InChI is InChI=1S/C22H27N5O2S/c1-16(2)17-6-8-18(9-7-17)21(28)26-12-10-25(11-13-26)15-27-22(30)24(3)20(23-27)19-5-4-14-29-19/h4-9,14,16H,10-13,15H2,1-3H3. The van der Waals surface area contributed by atoms with Gasteiger partial charge in [-0.15, -0.1) is 5.10 Å². The Kier molecular flexibility index (Phi) is 5.87. The van der Waals surface area contributed by atoms with Gasteiger partial charge in [-0.3, -0.25) is 9.69 Å². The quantitative estimate of drug-likeness (QED) is 0.583. The van der Waals surface area contributed by atoms with E-state index in [0.717, 1.165) is 18.7 Å². The molecule has 3 aromatic rings. The average Bonchev–Trinajstić information content (AvgIpc) is 3.38. The van der Waals surface area contributed by atoms with Crippen LogP contribution in [0.25, 0.3) is 11.6 Å². The van der Waals surface area contributed by atoms with Gasteiger partial charge in [-0.25, -0.2) is 4.68 Å². The molecule has 1 saturated heterocycles. The van der Waals surface area contributed by atoms with Gasteiger partial charge in [0.1, 0.15) is 0 Å². The summed E-state index contributed by atoms with van der Waals surface area (Å²) in [5.41, 5.74) is 2.00. The molecule has 3 heterocycles. The first kappa shape index (κ1) is 20.6. The van der Waals surface area contributed by atoms with E-state index in [4.69, 9.17) is 16.6 Å². The van der Waals surface area contributed by atoms with Crippen molar-refractivity contribution in [1.82, 2.24) is 24.1 Å². The van der Waals surface area contributed by atoms with Gasteiger partial charge in [0.15, 0.2) is 16.4 Å². The first-order valence-corrected chi connectivity index (χ1v) is 10.6. The van der Waals surface area contributed by atoms with E-state index in [-0.39, 0.29) is 5.91 Å². The Hall–Kier alpha value is -2.71. The Morgan fingerprint density at radius 3 is 2.43 bits per heavy atom. The first-order chi connectivity index (χ1) is 14.4. The van der Waals surface area contributed by atoms with Crippen LogP contribution in [0.1, 0.15) is 35.7 Å². The van der Waals surface area contributed by atoms with Crippen molar-refractivity contribution >= 4 is 18.1 Å². The van der Waals surface area contributed by atoms with Crippen LogP contribution in [0, 0.1) is 4.77 Å². The summed E-state index contributed by atoms with van der Waals surface area (Å²) in [5.74, 6) is 1.97. The van der Waals surface area contributed by atoms with Crippen LogP contribution in [0.5, 0.6) is 0 Å². The maximum atomic E-state index is 12.8. The van der Waals surface area contributed by atoms with Gasteiger partial charge in [0, 0.05) is 38.8 Å². The molecule has 0 unspecified atom stereocenters. The Balaban J connectivity index is 1.38. The van der Waals surface area contributed by atoms with E-state index in [0.29, 0.717) is 42.0 Å². The van der Waals surface area contributed by atoms with E-state index in [1.54, 1.807) is 6.26 Å². The van der Waals surface area contributed by atoms with E-state index in [9.17, 15) is 4.79 Å². The summed E-state index contributed by atoms with van der Waals surface area (Å²) in [5, 5.41) is 4.63. The topological polar surface area (TPSA) is 59.4 Å². The van der Waals surface area contributed by atoms with Crippen molar-refractivity contribution in [2.45, 2.75) is 26.4 Å². The SMILES string of the molecule is CC(C)c1ccc(C(=O)N2CCN(Cn3nc(-c4ccco4)n(C)c3=S)CC2)cc1. The molecule has 0 atom stereocenters. The second kappa shape index (κ2) is 8.57. The van der Waals surface area contributed by atoms with Gasteiger partial charge in [-0.2, -0.15) is 0 Å². The normalized spacial score (nSPS) is 15.1. The summed E-state index contributed by atoms with van der Waals surface area (Å²) in [6.45, 7) is 7.85. The zero-order chi connectivity index (χ0) is 21.3. The van der Waals surface area contributed by atoms with Crippen LogP contribution >= 0.6 is 12.2 Å². The predicted octanol–water partition coefficient (Wildman–Crippen LogP) is 3.75. The molecular weight excluding hydrogens is 398 g/mol. The van der Waals surface area contributed by atoms with Gasteiger partial charge in [0.25, 0.3) is 5.91 Å². The first-order valence-electron chi connectivity index (χ1n) is 10.2. The summed E-state index contributed by atoms with van der Waals surface area (Å²) < 4.78 is 9.78. The smallest absolute Gasteiger partial charge is 0.253 e. The molecule has 2 aromatic heterocycles. The molecule has 1 aromatic carbocycles. The molecule has 0 N–H and O–H groups in total. The molecule has 1 aliphatic heterocycles. The number of nitrogens with zero attached hydrogens (tertiary/aromatic N) is 5. The lowest BCUT2D eigenvalue weighted by molar-refractivity contribution is 0.0585. The number of amides is 1. The largest absolute Gasteiger partial charge is 0.461 e. The zero-order valence-corrected chi connectivity index (χ0v) is 18.4. The average molecular weight is 426 g/mol. The van der Waals surface area contributed by atoms with Gasteiger partial charge in [-0.1, -0.05) is 26.0 Å². The number of benzene rings is 1. The summed E-state index contributed by atoms with van der Waals surface area (Å²) in [6, 6.07) is 11.7. The molecule has 1 fully saturated rings. The monoisotopic (exact) mass is 425 g/mol. The van der Waals surface area contributed by atoms with Crippen LogP contribution in [-0.2, 0) is 13.7 Å². The summed E-state index contributed by atoms with van der Waals surface area (Å²) in [4.78, 5) is 17.0. The number of furan rings is 1. The van der Waals surface area contributed by atoms with Crippen molar-refractivity contribution in [3.63, 3.8) is 0 Å². The highest BCUT2D eigenvalue weighted by molar-refractivity contribution is 7.71. The van der Waals surface area contributed by atoms with Gasteiger partial charge in [-0.05, 0) is 48.0 Å². The number of carbonyl (C=O) groups is 1. The molecular formula is C22H27N5O2S. The Morgan fingerprint density at radius 1 is 1.13 bits per heavy atom. The van der Waals surface area contributed by atoms with E-state index in [1.807, 2.05) is 57.6 Å². The number of carbonyl (C=O) groups excluding carboxylic acids is 1. The lowest BCUT2D eigenvalue weighted by atomic mass is 10.0. The second-order valence-electron chi connectivity index (χ2n) is 7.97. The number of hydrogen-bond acceptors (Lipinski definition) is 5. The molecule has 0 bridgehead atoms. The van der Waals surface area contributed by atoms with Crippen molar-refractivity contribution < 1.29 is 9.21 Å². The Morgan fingerprint density at radius 2 is 1.83 bits per heavy atom. The third-order valence-electron chi connectivity index (χ3n) is 5.60. The molecule has 8 heteroatoms. The maximum absolute atomic E-state index is 12.8. The predicted molar refractivity (Wildman–Crippen MR) is 118 cm³/mol. The van der Waals surface area contributed by atoms with Crippen LogP contribution in [0.4, 0.5) is 0 Å². The number of rotatable bonds is 5. The molecule has 1 amide bonds. The van der Waals surface area contributed by atoms with E-state index < -0.39 is 0 Å². The molecule has 0 saturated carbocycles. The molecule has 1 aliphatic rings. The van der Waals surface area contributed by atoms with Crippen molar-refractivity contribution in [1.29, 1.82) is 0 Å². The summed E-state index contributed by atoms with van der Waals surface area (Å²) in [7, 11) is 1.89. The van der Waals surface area contributed by atoms with Crippen molar-refractivity contribution in [2.24, 2.45) is 7.05 Å². The molecule has 0 radical (unpaired) electrons. The lowest BCUT2D eigenvalue weighted by Crippen LogP contribution is -2.49. The Bertz CT molecular complexity index is 1060. The fourth-order valence-corrected chi connectivity index (χ4v) is 3.86. The fourth-order valence-electron chi connectivity index (χ4n) is 3.68. The van der Waals surface area contributed by atoms with Crippen molar-refractivity contribution in [3.05, 3.63) is 58.6 Å². The molecule has 0 spiro atoms. The van der Waals surface area contributed by atoms with E-state index in [1.165, 1.54) is 5.56 Å². The van der Waals surface area contributed by atoms with Crippen LogP contribution in [0.2, 0.25) is 0 Å². The summed E-state index contributed by atoms with van der Waals surface area (Å²) >= 11 is 5.54. The minimum atomic E-state index is 0.0968. The third-order valence-corrected chi connectivity index (χ3v) is 6.08. The van der Waals surface area contributed by atoms with Crippen LogP contribution < -0.4 is 0 Å². The highest BCUT2D eigenvalue weighted by Gasteiger charge is 2.23. The zero-order valence-electron chi connectivity index (χ0n) is 17.6.